The summed E-state index contributed by atoms with van der Waals surface area (Å²) in [6.07, 6.45) is 0. The lowest BCUT2D eigenvalue weighted by molar-refractivity contribution is 0.103. The van der Waals surface area contributed by atoms with Crippen LogP contribution in [-0.2, 0) is 17.1 Å². The highest BCUT2D eigenvalue weighted by molar-refractivity contribution is 7.92. The molecule has 4 aromatic rings. The SMILES string of the molecule is Cc1nn(C)c2sc(C(=O)Nc3cccc(S(=O)(=O)N(C)c4ccccc4)c3)cc12. The number of benzene rings is 2. The van der Waals surface area contributed by atoms with Gasteiger partial charge in [0.2, 0.25) is 0 Å². The first kappa shape index (κ1) is 20.1. The number of sulfonamides is 1. The molecule has 0 bridgehead atoms. The summed E-state index contributed by atoms with van der Waals surface area (Å²) in [7, 11) is -0.423. The Morgan fingerprint density at radius 3 is 2.53 bits per heavy atom. The summed E-state index contributed by atoms with van der Waals surface area (Å²) in [5.74, 6) is -0.290. The number of para-hydroxylation sites is 1. The maximum Gasteiger partial charge on any atom is 0.265 e. The number of carbonyl (C=O) groups is 1. The highest BCUT2D eigenvalue weighted by Gasteiger charge is 2.22. The minimum Gasteiger partial charge on any atom is -0.321 e. The van der Waals surface area contributed by atoms with Gasteiger partial charge in [0.25, 0.3) is 15.9 Å². The van der Waals surface area contributed by atoms with Gasteiger partial charge < -0.3 is 5.32 Å². The van der Waals surface area contributed by atoms with E-state index in [-0.39, 0.29) is 10.8 Å². The van der Waals surface area contributed by atoms with Gasteiger partial charge in [0, 0.05) is 25.2 Å². The van der Waals surface area contributed by atoms with Crippen molar-refractivity contribution in [1.82, 2.24) is 9.78 Å². The fourth-order valence-electron chi connectivity index (χ4n) is 3.18. The van der Waals surface area contributed by atoms with E-state index < -0.39 is 10.0 Å². The average molecular weight is 441 g/mol. The van der Waals surface area contributed by atoms with Gasteiger partial charge in [0.15, 0.2) is 0 Å². The van der Waals surface area contributed by atoms with Crippen molar-refractivity contribution in [3.8, 4) is 0 Å². The Morgan fingerprint density at radius 1 is 1.10 bits per heavy atom. The average Bonchev–Trinajstić information content (AvgIpc) is 3.30. The Labute approximate surface area is 178 Å². The van der Waals surface area contributed by atoms with Crippen LogP contribution in [0.4, 0.5) is 11.4 Å². The van der Waals surface area contributed by atoms with Crippen molar-refractivity contribution in [3.63, 3.8) is 0 Å². The fourth-order valence-corrected chi connectivity index (χ4v) is 5.44. The van der Waals surface area contributed by atoms with Gasteiger partial charge in [-0.25, -0.2) is 8.42 Å². The number of hydrogen-bond acceptors (Lipinski definition) is 5. The molecule has 0 aliphatic heterocycles. The second-order valence-electron chi connectivity index (χ2n) is 6.83. The summed E-state index contributed by atoms with van der Waals surface area (Å²) in [6.45, 7) is 1.90. The van der Waals surface area contributed by atoms with Gasteiger partial charge in [-0.05, 0) is 43.3 Å². The molecule has 7 nitrogen and oxygen atoms in total. The molecule has 2 heterocycles. The van der Waals surface area contributed by atoms with E-state index in [2.05, 4.69) is 10.4 Å². The number of nitrogens with zero attached hydrogens (tertiary/aromatic N) is 3. The Hall–Kier alpha value is -3.17. The zero-order valence-corrected chi connectivity index (χ0v) is 18.3. The van der Waals surface area contributed by atoms with E-state index in [1.165, 1.54) is 34.8 Å². The van der Waals surface area contributed by atoms with Crippen LogP contribution in [0.3, 0.4) is 0 Å². The topological polar surface area (TPSA) is 84.3 Å². The number of carbonyl (C=O) groups excluding carboxylic acids is 1. The van der Waals surface area contributed by atoms with Gasteiger partial charge in [-0.1, -0.05) is 24.3 Å². The predicted octanol–water partition coefficient (Wildman–Crippen LogP) is 4.02. The molecule has 2 aromatic carbocycles. The lowest BCUT2D eigenvalue weighted by Gasteiger charge is -2.19. The van der Waals surface area contributed by atoms with Gasteiger partial charge in [0.05, 0.1) is 21.2 Å². The normalized spacial score (nSPS) is 11.6. The molecule has 0 spiro atoms. The minimum atomic E-state index is -3.76. The summed E-state index contributed by atoms with van der Waals surface area (Å²) in [4.78, 5) is 14.3. The largest absolute Gasteiger partial charge is 0.321 e. The van der Waals surface area contributed by atoms with Gasteiger partial charge in [-0.3, -0.25) is 13.8 Å². The molecule has 0 aliphatic rings. The first-order valence-electron chi connectivity index (χ1n) is 9.16. The van der Waals surface area contributed by atoms with E-state index in [4.69, 9.17) is 0 Å². The van der Waals surface area contributed by atoms with Crippen LogP contribution in [0.5, 0.6) is 0 Å². The standard InChI is InChI=1S/C21H20N4O3S2/c1-14-18-13-19(29-21(18)24(2)23-14)20(26)22-15-8-7-11-17(12-15)30(27,28)25(3)16-9-5-4-6-10-16/h4-13H,1-3H3,(H,22,26). The van der Waals surface area contributed by atoms with Crippen LogP contribution in [0, 0.1) is 6.92 Å². The third-order valence-corrected chi connectivity index (χ3v) is 7.77. The molecule has 9 heteroatoms. The van der Waals surface area contributed by atoms with E-state index in [9.17, 15) is 13.2 Å². The van der Waals surface area contributed by atoms with Crippen LogP contribution >= 0.6 is 11.3 Å². The van der Waals surface area contributed by atoms with Crippen molar-refractivity contribution in [1.29, 1.82) is 0 Å². The van der Waals surface area contributed by atoms with Crippen LogP contribution in [0.2, 0.25) is 0 Å². The molecule has 154 valence electrons. The van der Waals surface area contributed by atoms with Crippen LogP contribution in [0.15, 0.2) is 65.6 Å². The maximum absolute atomic E-state index is 13.0. The Morgan fingerprint density at radius 2 is 1.83 bits per heavy atom. The third-order valence-electron chi connectivity index (χ3n) is 4.79. The maximum atomic E-state index is 13.0. The number of amides is 1. The smallest absolute Gasteiger partial charge is 0.265 e. The number of anilines is 2. The molecule has 30 heavy (non-hydrogen) atoms. The van der Waals surface area contributed by atoms with Gasteiger partial charge in [0.1, 0.15) is 4.83 Å². The molecule has 1 N–H and O–H groups in total. The predicted molar refractivity (Wildman–Crippen MR) is 120 cm³/mol. The van der Waals surface area contributed by atoms with Crippen LogP contribution in [-0.4, -0.2) is 31.2 Å². The number of nitrogens with one attached hydrogen (secondary N) is 1. The van der Waals surface area contributed by atoms with E-state index in [0.29, 0.717) is 16.3 Å². The van der Waals surface area contributed by atoms with Crippen LogP contribution in [0.1, 0.15) is 15.4 Å². The molecule has 0 atom stereocenters. The molecule has 4 rings (SSSR count). The molecule has 2 aromatic heterocycles. The summed E-state index contributed by atoms with van der Waals surface area (Å²) in [5.41, 5.74) is 1.83. The lowest BCUT2D eigenvalue weighted by atomic mass is 10.3. The number of thiophene rings is 1. The second-order valence-corrected chi connectivity index (χ2v) is 9.83. The zero-order chi connectivity index (χ0) is 21.5. The first-order chi connectivity index (χ1) is 14.3. The zero-order valence-electron chi connectivity index (χ0n) is 16.7. The number of rotatable bonds is 5. The molecule has 0 radical (unpaired) electrons. The van der Waals surface area contributed by atoms with E-state index in [1.54, 1.807) is 47.1 Å². The van der Waals surface area contributed by atoms with Gasteiger partial charge in [-0.15, -0.1) is 11.3 Å². The molecule has 0 aliphatic carbocycles. The van der Waals surface area contributed by atoms with Crippen LogP contribution in [0.25, 0.3) is 10.2 Å². The monoisotopic (exact) mass is 440 g/mol. The number of aromatic nitrogens is 2. The van der Waals surface area contributed by atoms with Gasteiger partial charge >= 0.3 is 0 Å². The summed E-state index contributed by atoms with van der Waals surface area (Å²) in [6, 6.07) is 16.9. The van der Waals surface area contributed by atoms with Crippen molar-refractivity contribution in [2.24, 2.45) is 7.05 Å². The Bertz CT molecular complexity index is 1310. The second kappa shape index (κ2) is 7.58. The molecular formula is C21H20N4O3S2. The highest BCUT2D eigenvalue weighted by Crippen LogP contribution is 2.29. The van der Waals surface area contributed by atoms with Gasteiger partial charge in [-0.2, -0.15) is 5.10 Å². The summed E-state index contributed by atoms with van der Waals surface area (Å²) < 4.78 is 29.0. The minimum absolute atomic E-state index is 0.100. The fraction of sp³-hybridized carbons (Fsp3) is 0.143. The van der Waals surface area contributed by atoms with Crippen LogP contribution < -0.4 is 9.62 Å². The lowest BCUT2D eigenvalue weighted by Crippen LogP contribution is -2.26. The van der Waals surface area contributed by atoms with E-state index in [0.717, 1.165) is 15.9 Å². The van der Waals surface area contributed by atoms with E-state index in [1.807, 2.05) is 20.0 Å². The third kappa shape index (κ3) is 3.57. The van der Waals surface area contributed by atoms with Crippen molar-refractivity contribution >= 4 is 48.9 Å². The van der Waals surface area contributed by atoms with E-state index >= 15 is 0 Å². The quantitative estimate of drug-likeness (QED) is 0.508. The Kier molecular flexibility index (Phi) is 5.08. The van der Waals surface area contributed by atoms with Crippen molar-refractivity contribution in [3.05, 3.63) is 71.2 Å². The number of aryl methyl sites for hydroxylation is 2. The molecule has 1 amide bonds. The number of fused-ring (bicyclic) bond motifs is 1. The molecule has 0 unspecified atom stereocenters. The Balaban J connectivity index is 1.59. The molecule has 0 fully saturated rings. The van der Waals surface area contributed by atoms with Crippen molar-refractivity contribution in [2.45, 2.75) is 11.8 Å². The molecular weight excluding hydrogens is 420 g/mol. The first-order valence-corrected chi connectivity index (χ1v) is 11.4. The van der Waals surface area contributed by atoms with Crippen molar-refractivity contribution in [2.75, 3.05) is 16.7 Å². The highest BCUT2D eigenvalue weighted by atomic mass is 32.2. The number of hydrogen-bond donors (Lipinski definition) is 1. The molecule has 0 saturated heterocycles. The molecule has 0 saturated carbocycles. The van der Waals surface area contributed by atoms with Crippen molar-refractivity contribution < 1.29 is 13.2 Å². The summed E-state index contributed by atoms with van der Waals surface area (Å²) >= 11 is 1.35. The summed E-state index contributed by atoms with van der Waals surface area (Å²) in [5, 5.41) is 8.08.